The van der Waals surface area contributed by atoms with E-state index in [9.17, 15) is 15.0 Å². The second-order valence-corrected chi connectivity index (χ2v) is 5.20. The van der Waals surface area contributed by atoms with Crippen LogP contribution in [-0.4, -0.2) is 37.0 Å². The highest BCUT2D eigenvalue weighted by Crippen LogP contribution is 2.41. The molecular formula is C18H16O7. The van der Waals surface area contributed by atoms with Gasteiger partial charge in [-0.15, -0.1) is 0 Å². The zero-order valence-electron chi connectivity index (χ0n) is 13.6. The van der Waals surface area contributed by atoms with E-state index in [1.807, 2.05) is 0 Å². The van der Waals surface area contributed by atoms with Crippen molar-refractivity contribution in [1.29, 1.82) is 0 Å². The molecular weight excluding hydrogens is 328 g/mol. The van der Waals surface area contributed by atoms with Crippen LogP contribution in [0.5, 0.6) is 34.5 Å². The van der Waals surface area contributed by atoms with Gasteiger partial charge in [-0.1, -0.05) is 6.08 Å². The van der Waals surface area contributed by atoms with Crippen LogP contribution in [0.1, 0.15) is 15.9 Å². The number of methoxy groups -OCH3 is 2. The quantitative estimate of drug-likeness (QED) is 0.636. The molecule has 0 spiro atoms. The van der Waals surface area contributed by atoms with Gasteiger partial charge in [0.2, 0.25) is 18.3 Å². The third-order valence-corrected chi connectivity index (χ3v) is 3.67. The molecule has 0 atom stereocenters. The third-order valence-electron chi connectivity index (χ3n) is 3.67. The molecule has 0 aliphatic carbocycles. The van der Waals surface area contributed by atoms with Gasteiger partial charge in [-0.2, -0.15) is 0 Å². The largest absolute Gasteiger partial charge is 0.504 e. The number of rotatable bonds is 5. The molecule has 2 aromatic rings. The average molecular weight is 344 g/mol. The van der Waals surface area contributed by atoms with Crippen LogP contribution in [0.15, 0.2) is 30.3 Å². The average Bonchev–Trinajstić information content (AvgIpc) is 3.09. The summed E-state index contributed by atoms with van der Waals surface area (Å²) in [6.07, 6.45) is 2.87. The fourth-order valence-corrected chi connectivity index (χ4v) is 2.41. The van der Waals surface area contributed by atoms with Gasteiger partial charge in [-0.25, -0.2) is 0 Å². The first-order valence-corrected chi connectivity index (χ1v) is 7.33. The van der Waals surface area contributed by atoms with Crippen molar-refractivity contribution in [2.45, 2.75) is 0 Å². The van der Waals surface area contributed by atoms with E-state index in [1.54, 1.807) is 6.07 Å². The van der Waals surface area contributed by atoms with Crippen molar-refractivity contribution in [3.63, 3.8) is 0 Å². The summed E-state index contributed by atoms with van der Waals surface area (Å²) in [6.45, 7) is 0.0437. The third kappa shape index (κ3) is 3.16. The van der Waals surface area contributed by atoms with Crippen LogP contribution in [0.2, 0.25) is 0 Å². The molecule has 2 N–H and O–H groups in total. The van der Waals surface area contributed by atoms with E-state index in [0.29, 0.717) is 11.3 Å². The zero-order chi connectivity index (χ0) is 18.0. The summed E-state index contributed by atoms with van der Waals surface area (Å²) in [5, 5.41) is 19.8. The van der Waals surface area contributed by atoms with Gasteiger partial charge in [0, 0.05) is 5.56 Å². The summed E-state index contributed by atoms with van der Waals surface area (Å²) in [6, 6.07) is 5.96. The van der Waals surface area contributed by atoms with Gasteiger partial charge in [0.05, 0.1) is 14.2 Å². The molecule has 0 saturated heterocycles. The molecule has 1 aliphatic rings. The van der Waals surface area contributed by atoms with E-state index in [2.05, 4.69) is 0 Å². The number of benzene rings is 2. The minimum Gasteiger partial charge on any atom is -0.504 e. The number of phenolic OH excluding ortho intramolecular Hbond substituents is 2. The Kier molecular flexibility index (Phi) is 4.38. The molecule has 0 amide bonds. The first kappa shape index (κ1) is 16.5. The predicted octanol–water partition coefficient (Wildman–Crippen LogP) is 2.74. The van der Waals surface area contributed by atoms with Crippen LogP contribution in [0, 0.1) is 0 Å². The van der Waals surface area contributed by atoms with Crippen molar-refractivity contribution in [3.8, 4) is 34.5 Å². The van der Waals surface area contributed by atoms with Gasteiger partial charge < -0.3 is 29.2 Å². The molecule has 1 aliphatic heterocycles. The fraction of sp³-hybridized carbons (Fsp3) is 0.167. The van der Waals surface area contributed by atoms with Crippen LogP contribution in [0.4, 0.5) is 0 Å². The number of aromatic hydroxyl groups is 2. The molecule has 7 heteroatoms. The van der Waals surface area contributed by atoms with Crippen LogP contribution in [0.25, 0.3) is 6.08 Å². The summed E-state index contributed by atoms with van der Waals surface area (Å²) in [4.78, 5) is 12.4. The Morgan fingerprint density at radius 2 is 1.76 bits per heavy atom. The van der Waals surface area contributed by atoms with E-state index >= 15 is 0 Å². The fourth-order valence-electron chi connectivity index (χ4n) is 2.41. The number of carbonyl (C=O) groups is 1. The lowest BCUT2D eigenvalue weighted by atomic mass is 10.1. The summed E-state index contributed by atoms with van der Waals surface area (Å²) in [5.41, 5.74) is 0.862. The van der Waals surface area contributed by atoms with Crippen molar-refractivity contribution in [2.24, 2.45) is 0 Å². The molecule has 0 bridgehead atoms. The molecule has 0 unspecified atom stereocenters. The SMILES string of the molecule is COc1cc(C(=O)C=Cc2cc(O)c3c(c2)OCO3)cc(OC)c1O. The van der Waals surface area contributed by atoms with E-state index in [4.69, 9.17) is 18.9 Å². The van der Waals surface area contributed by atoms with Gasteiger partial charge in [0.1, 0.15) is 0 Å². The van der Waals surface area contributed by atoms with Crippen molar-refractivity contribution in [2.75, 3.05) is 21.0 Å². The summed E-state index contributed by atoms with van der Waals surface area (Å²) < 4.78 is 20.4. The maximum absolute atomic E-state index is 12.4. The standard InChI is InChI=1S/C18H16O7/c1-22-14-7-11(8-15(23-2)17(14)21)12(19)4-3-10-5-13(20)18-16(6-10)24-9-25-18/h3-8,20-21H,9H2,1-2H3. The number of hydrogen-bond acceptors (Lipinski definition) is 7. The summed E-state index contributed by atoms with van der Waals surface area (Å²) in [5.74, 6) is 0.417. The Hall–Kier alpha value is -3.35. The van der Waals surface area contributed by atoms with Gasteiger partial charge in [-0.3, -0.25) is 4.79 Å². The minimum atomic E-state index is -0.325. The van der Waals surface area contributed by atoms with Gasteiger partial charge >= 0.3 is 0 Å². The first-order chi connectivity index (χ1) is 12.0. The molecule has 0 saturated carbocycles. The lowest BCUT2D eigenvalue weighted by molar-refractivity contribution is 0.104. The summed E-state index contributed by atoms with van der Waals surface area (Å²) in [7, 11) is 2.77. The number of hydrogen-bond donors (Lipinski definition) is 2. The Balaban J connectivity index is 1.87. The molecule has 2 aromatic carbocycles. The van der Waals surface area contributed by atoms with Crippen molar-refractivity contribution in [1.82, 2.24) is 0 Å². The highest BCUT2D eigenvalue weighted by Gasteiger charge is 2.18. The van der Waals surface area contributed by atoms with Crippen molar-refractivity contribution >= 4 is 11.9 Å². The van der Waals surface area contributed by atoms with E-state index < -0.39 is 0 Å². The maximum Gasteiger partial charge on any atom is 0.231 e. The smallest absolute Gasteiger partial charge is 0.231 e. The molecule has 0 fully saturated rings. The zero-order valence-corrected chi connectivity index (χ0v) is 13.6. The molecule has 25 heavy (non-hydrogen) atoms. The molecule has 3 rings (SSSR count). The van der Waals surface area contributed by atoms with Gasteiger partial charge in [0.15, 0.2) is 28.8 Å². The highest BCUT2D eigenvalue weighted by atomic mass is 16.7. The van der Waals surface area contributed by atoms with Crippen LogP contribution >= 0.6 is 0 Å². The van der Waals surface area contributed by atoms with Crippen LogP contribution in [-0.2, 0) is 0 Å². The lowest BCUT2D eigenvalue weighted by Gasteiger charge is -2.09. The Morgan fingerprint density at radius 3 is 2.40 bits per heavy atom. The van der Waals surface area contributed by atoms with Gasteiger partial charge in [-0.05, 0) is 35.9 Å². The lowest BCUT2D eigenvalue weighted by Crippen LogP contribution is -1.98. The molecule has 1 heterocycles. The maximum atomic E-state index is 12.4. The number of ether oxygens (including phenoxy) is 4. The second kappa shape index (κ2) is 6.64. The number of ketones is 1. The van der Waals surface area contributed by atoms with E-state index in [-0.39, 0.29) is 46.9 Å². The van der Waals surface area contributed by atoms with Crippen LogP contribution in [0.3, 0.4) is 0 Å². The topological polar surface area (TPSA) is 94.5 Å². The Bertz CT molecular complexity index is 830. The number of allylic oxidation sites excluding steroid dienone is 1. The van der Waals surface area contributed by atoms with E-state index in [0.717, 1.165) is 0 Å². The number of phenols is 2. The highest BCUT2D eigenvalue weighted by molar-refractivity contribution is 6.07. The minimum absolute atomic E-state index is 0.0437. The number of fused-ring (bicyclic) bond motifs is 1. The molecule has 7 nitrogen and oxygen atoms in total. The summed E-state index contributed by atoms with van der Waals surface area (Å²) >= 11 is 0. The second-order valence-electron chi connectivity index (χ2n) is 5.20. The Labute approximate surface area is 143 Å². The molecule has 0 aromatic heterocycles. The number of carbonyl (C=O) groups excluding carboxylic acids is 1. The first-order valence-electron chi connectivity index (χ1n) is 7.33. The van der Waals surface area contributed by atoms with Crippen molar-refractivity contribution < 1.29 is 34.0 Å². The molecule has 130 valence electrons. The van der Waals surface area contributed by atoms with Crippen molar-refractivity contribution in [3.05, 3.63) is 41.5 Å². The normalized spacial score (nSPS) is 12.4. The van der Waals surface area contributed by atoms with E-state index in [1.165, 1.54) is 44.6 Å². The van der Waals surface area contributed by atoms with Gasteiger partial charge in [0.25, 0.3) is 0 Å². The van der Waals surface area contributed by atoms with Crippen LogP contribution < -0.4 is 18.9 Å². The monoisotopic (exact) mass is 344 g/mol. The molecule has 0 radical (unpaired) electrons. The predicted molar refractivity (Wildman–Crippen MR) is 88.8 cm³/mol. The Morgan fingerprint density at radius 1 is 1.08 bits per heavy atom.